The number of nitrogens with one attached hydrogen (secondary N) is 2. The molecule has 0 saturated carbocycles. The van der Waals surface area contributed by atoms with Crippen LogP contribution in [-0.4, -0.2) is 36.5 Å². The molecular weight excluding hydrogens is 450 g/mol. The van der Waals surface area contributed by atoms with Gasteiger partial charge in [0.1, 0.15) is 11.8 Å². The second-order valence-corrected chi connectivity index (χ2v) is 8.18. The molecule has 0 aliphatic carbocycles. The van der Waals surface area contributed by atoms with Crippen molar-refractivity contribution >= 4 is 46.1 Å². The highest BCUT2D eigenvalue weighted by Crippen LogP contribution is 2.33. The molecule has 1 aliphatic rings. The van der Waals surface area contributed by atoms with Gasteiger partial charge in [0.05, 0.1) is 35.8 Å². The number of allylic oxidation sites excluding steroid dienone is 1. The van der Waals surface area contributed by atoms with E-state index in [0.717, 1.165) is 5.56 Å². The summed E-state index contributed by atoms with van der Waals surface area (Å²) in [5.74, 6) is 0.180. The van der Waals surface area contributed by atoms with Gasteiger partial charge in [-0.25, -0.2) is 9.79 Å². The van der Waals surface area contributed by atoms with Crippen LogP contribution >= 0.6 is 23.4 Å². The fourth-order valence-corrected chi connectivity index (χ4v) is 4.03. The van der Waals surface area contributed by atoms with Crippen molar-refractivity contribution in [2.24, 2.45) is 4.99 Å². The lowest BCUT2D eigenvalue weighted by molar-refractivity contribution is -0.139. The normalized spacial score (nSPS) is 15.5. The van der Waals surface area contributed by atoms with Gasteiger partial charge in [0, 0.05) is 5.70 Å². The van der Waals surface area contributed by atoms with Crippen LogP contribution in [0.4, 0.5) is 5.69 Å². The molecule has 2 aromatic carbocycles. The van der Waals surface area contributed by atoms with Crippen molar-refractivity contribution in [3.05, 3.63) is 70.4 Å². The first kappa shape index (κ1) is 23.7. The lowest BCUT2D eigenvalue weighted by Gasteiger charge is -2.25. The van der Waals surface area contributed by atoms with E-state index in [2.05, 4.69) is 10.6 Å². The van der Waals surface area contributed by atoms with Crippen LogP contribution in [0.1, 0.15) is 25.5 Å². The van der Waals surface area contributed by atoms with E-state index in [-0.39, 0.29) is 18.3 Å². The number of thioether (sulfide) groups is 1. The molecule has 2 aromatic rings. The Balaban J connectivity index is 1.78. The van der Waals surface area contributed by atoms with Gasteiger partial charge in [0.15, 0.2) is 5.17 Å². The average Bonchev–Trinajstić information content (AvgIpc) is 2.79. The maximum absolute atomic E-state index is 12.6. The number of esters is 1. The SMILES string of the molecule is CCOC(=O)C1=C(C)NC(SCC(=O)Nc2ccccc2Cl)=N[C@@H]1c1ccc(OC)cc1. The first-order valence-corrected chi connectivity index (χ1v) is 11.3. The molecular formula is C23H24ClN3O4S. The molecule has 9 heteroatoms. The predicted octanol–water partition coefficient (Wildman–Crippen LogP) is 4.56. The topological polar surface area (TPSA) is 89.0 Å². The molecule has 0 unspecified atom stereocenters. The van der Waals surface area contributed by atoms with E-state index < -0.39 is 12.0 Å². The third-order valence-electron chi connectivity index (χ3n) is 4.63. The standard InChI is InChI=1S/C23H24ClN3O4S/c1-4-31-22(29)20-14(2)25-23(27-21(20)15-9-11-16(30-3)12-10-15)32-13-19(28)26-18-8-6-5-7-17(18)24/h5-12,21H,4,13H2,1-3H3,(H,25,27)(H,26,28)/t21-/m1/s1. The molecule has 0 bridgehead atoms. The number of anilines is 1. The quantitative estimate of drug-likeness (QED) is 0.573. The van der Waals surface area contributed by atoms with E-state index in [1.165, 1.54) is 11.8 Å². The fourth-order valence-electron chi connectivity index (χ4n) is 3.10. The van der Waals surface area contributed by atoms with E-state index >= 15 is 0 Å². The number of amidine groups is 1. The van der Waals surface area contributed by atoms with E-state index in [9.17, 15) is 9.59 Å². The number of carbonyl (C=O) groups is 2. The van der Waals surface area contributed by atoms with Gasteiger partial charge in [-0.1, -0.05) is 47.6 Å². The summed E-state index contributed by atoms with van der Waals surface area (Å²) in [5.41, 5.74) is 2.43. The summed E-state index contributed by atoms with van der Waals surface area (Å²) < 4.78 is 10.5. The highest BCUT2D eigenvalue weighted by Gasteiger charge is 2.30. The van der Waals surface area contributed by atoms with Gasteiger partial charge in [-0.05, 0) is 43.7 Å². The van der Waals surface area contributed by atoms with Crippen molar-refractivity contribution in [3.8, 4) is 5.75 Å². The Morgan fingerprint density at radius 3 is 2.56 bits per heavy atom. The molecule has 2 N–H and O–H groups in total. The molecule has 1 atom stereocenters. The van der Waals surface area contributed by atoms with Crippen molar-refractivity contribution in [1.29, 1.82) is 0 Å². The van der Waals surface area contributed by atoms with Crippen molar-refractivity contribution < 1.29 is 19.1 Å². The molecule has 32 heavy (non-hydrogen) atoms. The predicted molar refractivity (Wildman–Crippen MR) is 128 cm³/mol. The summed E-state index contributed by atoms with van der Waals surface area (Å²) in [6.07, 6.45) is 0. The average molecular weight is 474 g/mol. The summed E-state index contributed by atoms with van der Waals surface area (Å²) >= 11 is 7.34. The Kier molecular flexibility index (Phi) is 8.19. The van der Waals surface area contributed by atoms with Gasteiger partial charge in [0.25, 0.3) is 0 Å². The zero-order chi connectivity index (χ0) is 23.1. The maximum atomic E-state index is 12.6. The third-order valence-corrected chi connectivity index (χ3v) is 5.85. The Hall–Kier alpha value is -2.97. The van der Waals surface area contributed by atoms with Crippen LogP contribution in [0.25, 0.3) is 0 Å². The first-order valence-electron chi connectivity index (χ1n) is 9.96. The number of ether oxygens (including phenoxy) is 2. The highest BCUT2D eigenvalue weighted by atomic mass is 35.5. The zero-order valence-corrected chi connectivity index (χ0v) is 19.5. The van der Waals surface area contributed by atoms with Gasteiger partial charge in [0.2, 0.25) is 5.91 Å². The molecule has 1 aliphatic heterocycles. The van der Waals surface area contributed by atoms with Crippen molar-refractivity contribution in [3.63, 3.8) is 0 Å². The number of rotatable bonds is 7. The van der Waals surface area contributed by atoms with Crippen LogP contribution in [0.3, 0.4) is 0 Å². The molecule has 0 aromatic heterocycles. The Labute approximate surface area is 196 Å². The fraction of sp³-hybridized carbons (Fsp3) is 0.261. The van der Waals surface area contributed by atoms with Crippen LogP contribution in [0, 0.1) is 0 Å². The van der Waals surface area contributed by atoms with E-state index in [1.54, 1.807) is 45.2 Å². The number of amides is 1. The molecule has 168 valence electrons. The number of nitrogens with zero attached hydrogens (tertiary/aromatic N) is 1. The van der Waals surface area contributed by atoms with E-state index in [0.29, 0.717) is 32.9 Å². The van der Waals surface area contributed by atoms with Crippen molar-refractivity contribution in [2.45, 2.75) is 19.9 Å². The van der Waals surface area contributed by atoms with Gasteiger partial charge in [-0.15, -0.1) is 0 Å². The minimum atomic E-state index is -0.560. The number of hydrogen-bond acceptors (Lipinski definition) is 7. The summed E-state index contributed by atoms with van der Waals surface area (Å²) in [6.45, 7) is 3.81. The molecule has 3 rings (SSSR count). The van der Waals surface area contributed by atoms with Crippen LogP contribution in [0.15, 0.2) is 64.8 Å². The minimum absolute atomic E-state index is 0.119. The summed E-state index contributed by atoms with van der Waals surface area (Å²) in [6, 6.07) is 13.8. The second kappa shape index (κ2) is 11.1. The summed E-state index contributed by atoms with van der Waals surface area (Å²) in [7, 11) is 1.59. The van der Waals surface area contributed by atoms with Gasteiger partial charge >= 0.3 is 5.97 Å². The van der Waals surface area contributed by atoms with Crippen molar-refractivity contribution in [2.75, 3.05) is 24.8 Å². The van der Waals surface area contributed by atoms with Crippen LogP contribution in [-0.2, 0) is 14.3 Å². The van der Waals surface area contributed by atoms with Crippen LogP contribution in [0.5, 0.6) is 5.75 Å². The highest BCUT2D eigenvalue weighted by molar-refractivity contribution is 8.14. The molecule has 0 spiro atoms. The number of benzene rings is 2. The molecule has 0 radical (unpaired) electrons. The number of para-hydroxylation sites is 1. The number of carbonyl (C=O) groups excluding carboxylic acids is 2. The smallest absolute Gasteiger partial charge is 0.338 e. The van der Waals surface area contributed by atoms with Gasteiger partial charge < -0.3 is 20.1 Å². The van der Waals surface area contributed by atoms with Gasteiger partial charge in [-0.2, -0.15) is 0 Å². The number of halogens is 1. The lowest BCUT2D eigenvalue weighted by atomic mass is 9.96. The molecule has 1 amide bonds. The largest absolute Gasteiger partial charge is 0.497 e. The van der Waals surface area contributed by atoms with Crippen LogP contribution in [0.2, 0.25) is 5.02 Å². The second-order valence-electron chi connectivity index (χ2n) is 6.81. The lowest BCUT2D eigenvalue weighted by Crippen LogP contribution is -2.31. The first-order chi connectivity index (χ1) is 15.4. The van der Waals surface area contributed by atoms with E-state index in [4.69, 9.17) is 26.1 Å². The zero-order valence-electron chi connectivity index (χ0n) is 18.0. The molecule has 7 nitrogen and oxygen atoms in total. The van der Waals surface area contributed by atoms with E-state index in [1.807, 2.05) is 24.3 Å². The maximum Gasteiger partial charge on any atom is 0.338 e. The van der Waals surface area contributed by atoms with Gasteiger partial charge in [-0.3, -0.25) is 4.79 Å². The Morgan fingerprint density at radius 1 is 1.19 bits per heavy atom. The van der Waals surface area contributed by atoms with Crippen molar-refractivity contribution in [1.82, 2.24) is 5.32 Å². The van der Waals surface area contributed by atoms with Crippen LogP contribution < -0.4 is 15.4 Å². The molecule has 0 fully saturated rings. The number of hydrogen-bond donors (Lipinski definition) is 2. The number of aliphatic imine (C=N–C) groups is 1. The monoisotopic (exact) mass is 473 g/mol. The number of methoxy groups -OCH3 is 1. The molecule has 1 heterocycles. The molecule has 0 saturated heterocycles. The summed E-state index contributed by atoms with van der Waals surface area (Å²) in [4.78, 5) is 29.7. The minimum Gasteiger partial charge on any atom is -0.497 e. The Morgan fingerprint density at radius 2 is 1.91 bits per heavy atom. The summed E-state index contributed by atoms with van der Waals surface area (Å²) in [5, 5.41) is 6.91. The third kappa shape index (κ3) is 5.83. The Bertz CT molecular complexity index is 1050.